The first-order valence-electron chi connectivity index (χ1n) is 5.91. The fourth-order valence-electron chi connectivity index (χ4n) is 1.63. The molecule has 0 saturated heterocycles. The zero-order chi connectivity index (χ0) is 14.6. The van der Waals surface area contributed by atoms with E-state index in [4.69, 9.17) is 5.84 Å². The van der Waals surface area contributed by atoms with Crippen molar-refractivity contribution in [3.8, 4) is 0 Å². The van der Waals surface area contributed by atoms with Gasteiger partial charge in [-0.15, -0.1) is 11.3 Å². The summed E-state index contributed by atoms with van der Waals surface area (Å²) in [6.45, 7) is 1.90. The van der Waals surface area contributed by atoms with E-state index in [1.807, 2.05) is 12.3 Å². The molecule has 7 nitrogen and oxygen atoms in total. The van der Waals surface area contributed by atoms with E-state index in [-0.39, 0.29) is 16.8 Å². The summed E-state index contributed by atoms with van der Waals surface area (Å²) in [6.07, 6.45) is 3.65. The van der Waals surface area contributed by atoms with Gasteiger partial charge in [-0.25, -0.2) is 29.0 Å². The van der Waals surface area contributed by atoms with Crippen LogP contribution in [0, 0.1) is 0 Å². The third-order valence-electron chi connectivity index (χ3n) is 2.64. The van der Waals surface area contributed by atoms with Crippen LogP contribution in [0.1, 0.15) is 24.4 Å². The predicted molar refractivity (Wildman–Crippen MR) is 77.5 cm³/mol. The lowest BCUT2D eigenvalue weighted by atomic mass is 10.3. The van der Waals surface area contributed by atoms with Crippen molar-refractivity contribution < 1.29 is 8.42 Å². The number of nitrogen functional groups attached to an aromatic ring is 1. The first-order chi connectivity index (χ1) is 9.56. The molecule has 4 N–H and O–H groups in total. The molecule has 0 aliphatic carbocycles. The number of sulfonamides is 1. The maximum absolute atomic E-state index is 12.3. The van der Waals surface area contributed by atoms with E-state index in [1.54, 1.807) is 6.20 Å². The summed E-state index contributed by atoms with van der Waals surface area (Å²) in [5, 5.41) is 2.55. The number of nitrogens with two attached hydrogens (primary N) is 1. The molecule has 9 heteroatoms. The van der Waals surface area contributed by atoms with Gasteiger partial charge in [0.05, 0.1) is 10.9 Å². The Morgan fingerprint density at radius 1 is 1.40 bits per heavy atom. The quantitative estimate of drug-likeness (QED) is 0.547. The highest BCUT2D eigenvalue weighted by Crippen LogP contribution is 2.22. The first-order valence-corrected chi connectivity index (χ1v) is 8.27. The predicted octanol–water partition coefficient (Wildman–Crippen LogP) is 1.25. The zero-order valence-electron chi connectivity index (χ0n) is 10.8. The van der Waals surface area contributed by atoms with Crippen LogP contribution in [0.3, 0.4) is 0 Å². The van der Waals surface area contributed by atoms with Gasteiger partial charge >= 0.3 is 0 Å². The minimum absolute atomic E-state index is 0.107. The Morgan fingerprint density at radius 3 is 2.80 bits per heavy atom. The van der Waals surface area contributed by atoms with Crippen LogP contribution < -0.4 is 16.0 Å². The second-order valence-electron chi connectivity index (χ2n) is 3.97. The van der Waals surface area contributed by atoms with Crippen molar-refractivity contribution in [2.45, 2.75) is 24.3 Å². The van der Waals surface area contributed by atoms with Gasteiger partial charge in [0.25, 0.3) is 0 Å². The van der Waals surface area contributed by atoms with Crippen LogP contribution in [0.5, 0.6) is 0 Å². The van der Waals surface area contributed by atoms with Crippen LogP contribution >= 0.6 is 11.3 Å². The Balaban J connectivity index is 2.26. The SMILES string of the molecule is CCC(NS(=O)(=O)c1ccnc(NN)c1)c1nccs1. The van der Waals surface area contributed by atoms with Crippen molar-refractivity contribution in [3.05, 3.63) is 34.9 Å². The summed E-state index contributed by atoms with van der Waals surface area (Å²) in [6, 6.07) is 2.44. The Labute approximate surface area is 121 Å². The average Bonchev–Trinajstić information content (AvgIpc) is 2.99. The number of rotatable bonds is 6. The summed E-state index contributed by atoms with van der Waals surface area (Å²) in [7, 11) is -3.65. The minimum atomic E-state index is -3.65. The third-order valence-corrected chi connectivity index (χ3v) is 5.00. The number of nitrogens with one attached hydrogen (secondary N) is 2. The highest BCUT2D eigenvalue weighted by molar-refractivity contribution is 7.89. The fraction of sp³-hybridized carbons (Fsp3) is 0.273. The van der Waals surface area contributed by atoms with E-state index in [1.165, 1.54) is 29.7 Å². The molecule has 2 aromatic rings. The molecule has 0 aliphatic rings. The number of hydrogen-bond donors (Lipinski definition) is 3. The second-order valence-corrected chi connectivity index (χ2v) is 6.61. The van der Waals surface area contributed by atoms with Crippen LogP contribution in [0.2, 0.25) is 0 Å². The van der Waals surface area contributed by atoms with Gasteiger partial charge in [-0.2, -0.15) is 0 Å². The lowest BCUT2D eigenvalue weighted by molar-refractivity contribution is 0.549. The van der Waals surface area contributed by atoms with Crippen molar-refractivity contribution in [1.29, 1.82) is 0 Å². The summed E-state index contributed by atoms with van der Waals surface area (Å²) >= 11 is 1.42. The van der Waals surface area contributed by atoms with E-state index >= 15 is 0 Å². The number of aromatic nitrogens is 2. The Bertz CT molecular complexity index is 657. The highest BCUT2D eigenvalue weighted by atomic mass is 32.2. The van der Waals surface area contributed by atoms with Crippen LogP contribution in [0.4, 0.5) is 5.82 Å². The number of hydrazine groups is 1. The van der Waals surface area contributed by atoms with Crippen molar-refractivity contribution in [3.63, 3.8) is 0 Å². The van der Waals surface area contributed by atoms with Gasteiger partial charge in [-0.05, 0) is 12.5 Å². The molecular weight excluding hydrogens is 298 g/mol. The van der Waals surface area contributed by atoms with Crippen LogP contribution in [-0.2, 0) is 10.0 Å². The smallest absolute Gasteiger partial charge is 0.241 e. The molecule has 0 aromatic carbocycles. The van der Waals surface area contributed by atoms with Gasteiger partial charge < -0.3 is 5.43 Å². The Hall–Kier alpha value is -1.55. The maximum Gasteiger partial charge on any atom is 0.241 e. The molecule has 2 rings (SSSR count). The van der Waals surface area contributed by atoms with Crippen LogP contribution in [-0.4, -0.2) is 18.4 Å². The molecule has 20 heavy (non-hydrogen) atoms. The second kappa shape index (κ2) is 6.27. The monoisotopic (exact) mass is 313 g/mol. The molecule has 1 unspecified atom stereocenters. The van der Waals surface area contributed by atoms with Gasteiger partial charge in [0.15, 0.2) is 0 Å². The molecule has 2 heterocycles. The molecule has 0 saturated carbocycles. The summed E-state index contributed by atoms with van der Waals surface area (Å²) in [4.78, 5) is 8.13. The first kappa shape index (κ1) is 14.9. The maximum atomic E-state index is 12.3. The normalized spacial score (nSPS) is 13.1. The molecule has 2 aromatic heterocycles. The Morgan fingerprint density at radius 2 is 2.20 bits per heavy atom. The third kappa shape index (κ3) is 3.31. The van der Waals surface area contributed by atoms with Crippen molar-refractivity contribution in [2.24, 2.45) is 5.84 Å². The number of nitrogens with zero attached hydrogens (tertiary/aromatic N) is 2. The van der Waals surface area contributed by atoms with Crippen molar-refractivity contribution in [2.75, 3.05) is 5.43 Å². The lowest BCUT2D eigenvalue weighted by Gasteiger charge is -2.15. The summed E-state index contributed by atoms with van der Waals surface area (Å²) in [5.41, 5.74) is 2.32. The molecule has 0 radical (unpaired) electrons. The topological polar surface area (TPSA) is 110 Å². The van der Waals surface area contributed by atoms with Gasteiger partial charge in [0, 0.05) is 23.8 Å². The number of pyridine rings is 1. The number of thiazole rings is 1. The summed E-state index contributed by atoms with van der Waals surface area (Å²) < 4.78 is 27.3. The van der Waals surface area contributed by atoms with E-state index in [0.717, 1.165) is 5.01 Å². The molecule has 108 valence electrons. The molecule has 0 aliphatic heterocycles. The Kier molecular flexibility index (Phi) is 4.65. The average molecular weight is 313 g/mol. The lowest BCUT2D eigenvalue weighted by Crippen LogP contribution is -2.28. The molecule has 0 spiro atoms. The van der Waals surface area contributed by atoms with Gasteiger partial charge in [-0.1, -0.05) is 6.92 Å². The van der Waals surface area contributed by atoms with Gasteiger partial charge in [0.1, 0.15) is 10.8 Å². The van der Waals surface area contributed by atoms with Gasteiger partial charge in [0.2, 0.25) is 10.0 Å². The van der Waals surface area contributed by atoms with E-state index in [2.05, 4.69) is 20.1 Å². The highest BCUT2D eigenvalue weighted by Gasteiger charge is 2.22. The minimum Gasteiger partial charge on any atom is -0.308 e. The van der Waals surface area contributed by atoms with E-state index in [9.17, 15) is 8.42 Å². The molecule has 0 amide bonds. The van der Waals surface area contributed by atoms with E-state index in [0.29, 0.717) is 6.42 Å². The van der Waals surface area contributed by atoms with Crippen LogP contribution in [0.15, 0.2) is 34.8 Å². The standard InChI is InChI=1S/C11H15N5O2S2/c1-2-9(11-14-5-6-19-11)16-20(17,18)8-3-4-13-10(7-8)15-12/h3-7,9,16H,2,12H2,1H3,(H,13,15). The molecule has 0 fully saturated rings. The molecular formula is C11H15N5O2S2. The van der Waals surface area contributed by atoms with Crippen molar-refractivity contribution in [1.82, 2.24) is 14.7 Å². The van der Waals surface area contributed by atoms with Crippen molar-refractivity contribution >= 4 is 27.2 Å². The fourth-order valence-corrected chi connectivity index (χ4v) is 3.77. The largest absolute Gasteiger partial charge is 0.308 e. The van der Waals surface area contributed by atoms with E-state index < -0.39 is 10.0 Å². The molecule has 1 atom stereocenters. The van der Waals surface area contributed by atoms with Crippen LogP contribution in [0.25, 0.3) is 0 Å². The van der Waals surface area contributed by atoms with Gasteiger partial charge in [-0.3, -0.25) is 0 Å². The zero-order valence-corrected chi connectivity index (χ0v) is 12.4. The number of anilines is 1. The summed E-state index contributed by atoms with van der Waals surface area (Å²) in [5.74, 6) is 5.52. The molecule has 0 bridgehead atoms. The number of hydrogen-bond acceptors (Lipinski definition) is 7.